The van der Waals surface area contributed by atoms with Crippen molar-refractivity contribution >= 4 is 11.6 Å². The van der Waals surface area contributed by atoms with Crippen LogP contribution in [-0.4, -0.2) is 42.5 Å². The average Bonchev–Trinajstić information content (AvgIpc) is 3.01. The zero-order chi connectivity index (χ0) is 14.7. The number of anilines is 1. The molecule has 2 N–H and O–H groups in total. The van der Waals surface area contributed by atoms with Crippen LogP contribution in [0.4, 0.5) is 5.69 Å². The highest BCUT2D eigenvalue weighted by Crippen LogP contribution is 2.19. The van der Waals surface area contributed by atoms with Crippen LogP contribution >= 0.6 is 0 Å². The Kier molecular flexibility index (Phi) is 4.44. The van der Waals surface area contributed by atoms with Crippen molar-refractivity contribution in [1.82, 2.24) is 10.2 Å². The molecule has 4 nitrogen and oxygen atoms in total. The molecule has 4 heteroatoms. The smallest absolute Gasteiger partial charge is 0.239 e. The molecule has 1 aromatic rings. The lowest BCUT2D eigenvalue weighted by Gasteiger charge is -2.34. The third kappa shape index (κ3) is 3.56. The number of carbonyl (C=O) groups is 1. The molecule has 2 fully saturated rings. The molecular weight excluding hydrogens is 262 g/mol. The number of likely N-dealkylation sites (tertiary alicyclic amines) is 1. The lowest BCUT2D eigenvalue weighted by molar-refractivity contribution is -0.134. The van der Waals surface area contributed by atoms with Crippen molar-refractivity contribution in [2.75, 3.05) is 25.0 Å². The van der Waals surface area contributed by atoms with Crippen LogP contribution in [-0.2, 0) is 4.79 Å². The summed E-state index contributed by atoms with van der Waals surface area (Å²) in [6, 6.07) is 9.05. The highest BCUT2D eigenvalue weighted by atomic mass is 16.2. The molecule has 1 aromatic carbocycles. The van der Waals surface area contributed by atoms with Crippen molar-refractivity contribution in [2.24, 2.45) is 0 Å². The van der Waals surface area contributed by atoms with Gasteiger partial charge in [-0.1, -0.05) is 12.1 Å². The summed E-state index contributed by atoms with van der Waals surface area (Å²) in [5, 5.41) is 6.90. The van der Waals surface area contributed by atoms with E-state index in [0.29, 0.717) is 11.9 Å². The summed E-state index contributed by atoms with van der Waals surface area (Å²) in [6.45, 7) is 4.85. The number of rotatable bonds is 3. The van der Waals surface area contributed by atoms with Crippen molar-refractivity contribution in [3.05, 3.63) is 29.8 Å². The van der Waals surface area contributed by atoms with E-state index >= 15 is 0 Å². The number of amides is 1. The van der Waals surface area contributed by atoms with Gasteiger partial charge in [-0.15, -0.1) is 0 Å². The van der Waals surface area contributed by atoms with Crippen LogP contribution < -0.4 is 10.6 Å². The molecule has 0 aliphatic carbocycles. The van der Waals surface area contributed by atoms with Gasteiger partial charge in [-0.3, -0.25) is 4.79 Å². The first kappa shape index (κ1) is 14.4. The zero-order valence-electron chi connectivity index (χ0n) is 12.8. The number of aryl methyl sites for hydroxylation is 1. The van der Waals surface area contributed by atoms with E-state index in [-0.39, 0.29) is 6.04 Å². The van der Waals surface area contributed by atoms with E-state index in [0.717, 1.165) is 45.3 Å². The Morgan fingerprint density at radius 1 is 1.29 bits per heavy atom. The monoisotopic (exact) mass is 287 g/mol. The first-order chi connectivity index (χ1) is 10.2. The fraction of sp³-hybridized carbons (Fsp3) is 0.588. The van der Waals surface area contributed by atoms with E-state index in [1.807, 2.05) is 4.90 Å². The largest absolute Gasteiger partial charge is 0.382 e. The number of carbonyl (C=O) groups excluding carboxylic acids is 1. The van der Waals surface area contributed by atoms with Crippen LogP contribution in [0, 0.1) is 6.92 Å². The van der Waals surface area contributed by atoms with Gasteiger partial charge in [0.15, 0.2) is 0 Å². The maximum absolute atomic E-state index is 12.4. The number of benzene rings is 1. The SMILES string of the molecule is Cc1cccc(NC2CCN(C(=O)C3CCCN3)CC2)c1. The van der Waals surface area contributed by atoms with Gasteiger partial charge in [0.1, 0.15) is 0 Å². The maximum Gasteiger partial charge on any atom is 0.239 e. The highest BCUT2D eigenvalue weighted by molar-refractivity contribution is 5.82. The molecule has 2 heterocycles. The van der Waals surface area contributed by atoms with Gasteiger partial charge in [-0.2, -0.15) is 0 Å². The van der Waals surface area contributed by atoms with Crippen molar-refractivity contribution in [1.29, 1.82) is 0 Å². The molecule has 21 heavy (non-hydrogen) atoms. The van der Waals surface area contributed by atoms with Crippen LogP contribution in [0.2, 0.25) is 0 Å². The molecule has 1 amide bonds. The molecule has 2 aliphatic heterocycles. The fourth-order valence-corrected chi connectivity index (χ4v) is 3.33. The minimum atomic E-state index is 0.0753. The van der Waals surface area contributed by atoms with Gasteiger partial charge in [0.05, 0.1) is 6.04 Å². The van der Waals surface area contributed by atoms with E-state index in [9.17, 15) is 4.79 Å². The molecule has 114 valence electrons. The molecule has 2 saturated heterocycles. The molecule has 0 saturated carbocycles. The molecule has 0 aromatic heterocycles. The Morgan fingerprint density at radius 2 is 2.10 bits per heavy atom. The second-order valence-corrected chi connectivity index (χ2v) is 6.26. The Bertz CT molecular complexity index is 489. The summed E-state index contributed by atoms with van der Waals surface area (Å²) >= 11 is 0. The highest BCUT2D eigenvalue weighted by Gasteiger charge is 2.29. The summed E-state index contributed by atoms with van der Waals surface area (Å²) in [5.41, 5.74) is 2.47. The van der Waals surface area contributed by atoms with Crippen LogP contribution in [0.25, 0.3) is 0 Å². The molecule has 1 atom stereocenters. The van der Waals surface area contributed by atoms with Gasteiger partial charge in [-0.05, 0) is 56.8 Å². The van der Waals surface area contributed by atoms with Gasteiger partial charge in [0.25, 0.3) is 0 Å². The van der Waals surface area contributed by atoms with Crippen molar-refractivity contribution in [3.8, 4) is 0 Å². The normalized spacial score (nSPS) is 23.3. The third-order valence-electron chi connectivity index (χ3n) is 4.55. The third-order valence-corrected chi connectivity index (χ3v) is 4.55. The molecule has 1 unspecified atom stereocenters. The number of piperidine rings is 1. The zero-order valence-corrected chi connectivity index (χ0v) is 12.8. The summed E-state index contributed by atoms with van der Waals surface area (Å²) in [4.78, 5) is 14.4. The van der Waals surface area contributed by atoms with E-state index in [2.05, 4.69) is 41.8 Å². The standard InChI is InChI=1S/C17H25N3O/c1-13-4-2-5-15(12-13)19-14-7-10-20(11-8-14)17(21)16-6-3-9-18-16/h2,4-5,12,14,16,18-19H,3,6-11H2,1H3. The Balaban J connectivity index is 1.49. The topological polar surface area (TPSA) is 44.4 Å². The van der Waals surface area contributed by atoms with Gasteiger partial charge < -0.3 is 15.5 Å². The Morgan fingerprint density at radius 3 is 2.76 bits per heavy atom. The van der Waals surface area contributed by atoms with E-state index < -0.39 is 0 Å². The minimum absolute atomic E-state index is 0.0753. The van der Waals surface area contributed by atoms with E-state index in [1.54, 1.807) is 0 Å². The average molecular weight is 287 g/mol. The van der Waals surface area contributed by atoms with E-state index in [1.165, 1.54) is 11.3 Å². The molecule has 0 bridgehead atoms. The molecule has 3 rings (SSSR count). The van der Waals surface area contributed by atoms with Crippen molar-refractivity contribution in [3.63, 3.8) is 0 Å². The van der Waals surface area contributed by atoms with Crippen LogP contribution in [0.15, 0.2) is 24.3 Å². The Labute approximate surface area is 126 Å². The first-order valence-electron chi connectivity index (χ1n) is 8.08. The van der Waals surface area contributed by atoms with E-state index in [4.69, 9.17) is 0 Å². The summed E-state index contributed by atoms with van der Waals surface area (Å²) in [6.07, 6.45) is 4.20. The number of hydrogen-bond acceptors (Lipinski definition) is 3. The first-order valence-corrected chi connectivity index (χ1v) is 8.08. The Hall–Kier alpha value is -1.55. The van der Waals surface area contributed by atoms with Gasteiger partial charge >= 0.3 is 0 Å². The maximum atomic E-state index is 12.4. The van der Waals surface area contributed by atoms with Gasteiger partial charge in [-0.25, -0.2) is 0 Å². The summed E-state index contributed by atoms with van der Waals surface area (Å²) in [5.74, 6) is 0.307. The second kappa shape index (κ2) is 6.48. The predicted octanol–water partition coefficient (Wildman–Crippen LogP) is 2.15. The second-order valence-electron chi connectivity index (χ2n) is 6.26. The number of nitrogens with zero attached hydrogens (tertiary/aromatic N) is 1. The molecule has 2 aliphatic rings. The lowest BCUT2D eigenvalue weighted by Crippen LogP contribution is -2.48. The number of nitrogens with one attached hydrogen (secondary N) is 2. The van der Waals surface area contributed by atoms with Gasteiger partial charge in [0, 0.05) is 24.8 Å². The molecular formula is C17H25N3O. The van der Waals surface area contributed by atoms with Crippen molar-refractivity contribution < 1.29 is 4.79 Å². The number of hydrogen-bond donors (Lipinski definition) is 2. The summed E-state index contributed by atoms with van der Waals surface area (Å²) in [7, 11) is 0. The van der Waals surface area contributed by atoms with Crippen LogP contribution in [0.1, 0.15) is 31.2 Å². The summed E-state index contributed by atoms with van der Waals surface area (Å²) < 4.78 is 0. The predicted molar refractivity (Wildman–Crippen MR) is 85.4 cm³/mol. The van der Waals surface area contributed by atoms with Crippen LogP contribution in [0.3, 0.4) is 0 Å². The fourth-order valence-electron chi connectivity index (χ4n) is 3.33. The molecule has 0 spiro atoms. The van der Waals surface area contributed by atoms with Crippen molar-refractivity contribution in [2.45, 2.75) is 44.7 Å². The lowest BCUT2D eigenvalue weighted by atomic mass is 10.0. The quantitative estimate of drug-likeness (QED) is 0.895. The molecule has 0 radical (unpaired) electrons. The minimum Gasteiger partial charge on any atom is -0.382 e. The van der Waals surface area contributed by atoms with Crippen LogP contribution in [0.5, 0.6) is 0 Å². The van der Waals surface area contributed by atoms with Gasteiger partial charge in [0.2, 0.25) is 5.91 Å².